The van der Waals surface area contributed by atoms with Crippen molar-refractivity contribution in [1.82, 2.24) is 9.97 Å². The highest BCUT2D eigenvalue weighted by atomic mass is 32.2. The van der Waals surface area contributed by atoms with Gasteiger partial charge in [0.25, 0.3) is 0 Å². The number of anilines is 1. The first-order chi connectivity index (χ1) is 12.7. The van der Waals surface area contributed by atoms with E-state index in [9.17, 15) is 10.1 Å². The van der Waals surface area contributed by atoms with Crippen molar-refractivity contribution in [2.75, 3.05) is 11.1 Å². The lowest BCUT2D eigenvalue weighted by Crippen LogP contribution is -2.14. The molecule has 0 saturated heterocycles. The number of rotatable bonds is 4. The normalized spacial score (nSPS) is 15.2. The number of nitrogens with one attached hydrogen (secondary N) is 1. The molecule has 2 aliphatic carbocycles. The monoisotopic (exact) mass is 384 g/mol. The highest BCUT2D eigenvalue weighted by molar-refractivity contribution is 7.99. The number of amides is 1. The topological polar surface area (TPSA) is 78.7 Å². The molecule has 0 radical (unpaired) electrons. The molecule has 0 saturated carbocycles. The second kappa shape index (κ2) is 7.37. The maximum Gasteiger partial charge on any atom is 0.235 e. The second-order valence-corrected chi connectivity index (χ2v) is 8.78. The molecule has 2 aromatic heterocycles. The Balaban J connectivity index is 1.43. The summed E-state index contributed by atoms with van der Waals surface area (Å²) in [6.07, 6.45) is 7.45. The average molecular weight is 385 g/mol. The third-order valence-electron chi connectivity index (χ3n) is 4.99. The van der Waals surface area contributed by atoms with E-state index in [1.165, 1.54) is 22.2 Å². The zero-order valence-corrected chi connectivity index (χ0v) is 16.4. The van der Waals surface area contributed by atoms with Gasteiger partial charge in [0.1, 0.15) is 11.1 Å². The van der Waals surface area contributed by atoms with Gasteiger partial charge in [0.2, 0.25) is 5.91 Å². The molecule has 0 atom stereocenters. The van der Waals surface area contributed by atoms with Crippen molar-refractivity contribution in [2.45, 2.75) is 57.0 Å². The van der Waals surface area contributed by atoms with Gasteiger partial charge in [0.15, 0.2) is 5.16 Å². The Kier molecular flexibility index (Phi) is 4.96. The van der Waals surface area contributed by atoms with E-state index in [1.807, 2.05) is 6.92 Å². The molecule has 2 aliphatic rings. The standard InChI is InChI=1S/C19H20N4OS2/c1-11-12-6-4-7-15(12)22-19(21-11)25-10-17(24)23-18-14(9-20)13-5-2-3-8-16(13)26-18/h2-8,10H2,1H3,(H,23,24). The lowest BCUT2D eigenvalue weighted by atomic mass is 9.96. The van der Waals surface area contributed by atoms with E-state index in [1.54, 1.807) is 11.3 Å². The molecule has 0 unspecified atom stereocenters. The molecule has 4 rings (SSSR count). The Hall–Kier alpha value is -1.91. The fourth-order valence-electron chi connectivity index (χ4n) is 3.72. The van der Waals surface area contributed by atoms with Crippen LogP contribution in [0.2, 0.25) is 0 Å². The predicted molar refractivity (Wildman–Crippen MR) is 104 cm³/mol. The maximum absolute atomic E-state index is 12.4. The van der Waals surface area contributed by atoms with Gasteiger partial charge in [-0.25, -0.2) is 9.97 Å². The van der Waals surface area contributed by atoms with Gasteiger partial charge >= 0.3 is 0 Å². The molecule has 0 spiro atoms. The summed E-state index contributed by atoms with van der Waals surface area (Å²) in [6.45, 7) is 2.02. The number of thiophene rings is 1. The summed E-state index contributed by atoms with van der Waals surface area (Å²) in [5, 5.41) is 13.8. The molecular formula is C19H20N4OS2. The summed E-state index contributed by atoms with van der Waals surface area (Å²) in [4.78, 5) is 22.8. The first-order valence-electron chi connectivity index (χ1n) is 8.99. The van der Waals surface area contributed by atoms with Crippen LogP contribution in [0.1, 0.15) is 52.2 Å². The number of carbonyl (C=O) groups excluding carboxylic acids is 1. The number of carbonyl (C=O) groups is 1. The van der Waals surface area contributed by atoms with Crippen LogP contribution in [0, 0.1) is 18.3 Å². The number of thioether (sulfide) groups is 1. The zero-order chi connectivity index (χ0) is 18.1. The lowest BCUT2D eigenvalue weighted by Gasteiger charge is -2.09. The quantitative estimate of drug-likeness (QED) is 0.640. The minimum atomic E-state index is -0.105. The van der Waals surface area contributed by atoms with Crippen molar-refractivity contribution in [3.8, 4) is 6.07 Å². The molecule has 0 bridgehead atoms. The third kappa shape index (κ3) is 3.36. The molecule has 134 valence electrons. The Bertz CT molecular complexity index is 913. The highest BCUT2D eigenvalue weighted by Crippen LogP contribution is 2.37. The lowest BCUT2D eigenvalue weighted by molar-refractivity contribution is -0.113. The molecule has 7 heteroatoms. The molecule has 5 nitrogen and oxygen atoms in total. The fraction of sp³-hybridized carbons (Fsp3) is 0.474. The van der Waals surface area contributed by atoms with Gasteiger partial charge < -0.3 is 5.32 Å². The molecule has 26 heavy (non-hydrogen) atoms. The molecule has 1 N–H and O–H groups in total. The van der Waals surface area contributed by atoms with E-state index in [0.717, 1.165) is 61.9 Å². The summed E-state index contributed by atoms with van der Waals surface area (Å²) in [7, 11) is 0. The Morgan fingerprint density at radius 2 is 2.00 bits per heavy atom. The Morgan fingerprint density at radius 3 is 2.85 bits per heavy atom. The molecule has 0 fully saturated rings. The first-order valence-corrected chi connectivity index (χ1v) is 10.8. The van der Waals surface area contributed by atoms with Gasteiger partial charge in [0, 0.05) is 16.3 Å². The van der Waals surface area contributed by atoms with Crippen LogP contribution in [0.4, 0.5) is 5.00 Å². The first kappa shape index (κ1) is 17.5. The van der Waals surface area contributed by atoms with E-state index in [4.69, 9.17) is 0 Å². The number of hydrogen-bond donors (Lipinski definition) is 1. The van der Waals surface area contributed by atoms with Gasteiger partial charge in [0.05, 0.1) is 11.3 Å². The van der Waals surface area contributed by atoms with Crippen molar-refractivity contribution in [3.63, 3.8) is 0 Å². The van der Waals surface area contributed by atoms with Crippen LogP contribution in [0.25, 0.3) is 0 Å². The van der Waals surface area contributed by atoms with E-state index in [0.29, 0.717) is 15.7 Å². The van der Waals surface area contributed by atoms with Crippen LogP contribution in [-0.4, -0.2) is 21.6 Å². The van der Waals surface area contributed by atoms with Crippen LogP contribution in [0.15, 0.2) is 5.16 Å². The predicted octanol–water partition coefficient (Wildman–Crippen LogP) is 3.82. The van der Waals surface area contributed by atoms with Crippen molar-refractivity contribution < 1.29 is 4.79 Å². The largest absolute Gasteiger partial charge is 0.316 e. The van der Waals surface area contributed by atoms with Crippen LogP contribution in [0.5, 0.6) is 0 Å². The van der Waals surface area contributed by atoms with Gasteiger partial charge in [-0.1, -0.05) is 11.8 Å². The van der Waals surface area contributed by atoms with E-state index < -0.39 is 0 Å². The highest BCUT2D eigenvalue weighted by Gasteiger charge is 2.22. The van der Waals surface area contributed by atoms with Crippen LogP contribution < -0.4 is 5.32 Å². The summed E-state index contributed by atoms with van der Waals surface area (Å²) < 4.78 is 0. The summed E-state index contributed by atoms with van der Waals surface area (Å²) in [6, 6.07) is 2.28. The summed E-state index contributed by atoms with van der Waals surface area (Å²) in [5.41, 5.74) is 5.25. The summed E-state index contributed by atoms with van der Waals surface area (Å²) in [5.74, 6) is 0.151. The zero-order valence-electron chi connectivity index (χ0n) is 14.7. The molecule has 1 amide bonds. The van der Waals surface area contributed by atoms with Gasteiger partial charge in [-0.05, 0) is 63.0 Å². The average Bonchev–Trinajstić information content (AvgIpc) is 3.24. The SMILES string of the molecule is Cc1nc(SCC(=O)Nc2sc3c(c2C#N)CCCC3)nc2c1CCC2. The van der Waals surface area contributed by atoms with Gasteiger partial charge in [-0.3, -0.25) is 4.79 Å². The second-order valence-electron chi connectivity index (χ2n) is 6.73. The van der Waals surface area contributed by atoms with Crippen molar-refractivity contribution in [3.05, 3.63) is 33.0 Å². The van der Waals surface area contributed by atoms with E-state index in [-0.39, 0.29) is 11.7 Å². The van der Waals surface area contributed by atoms with Crippen LogP contribution in [-0.2, 0) is 30.5 Å². The maximum atomic E-state index is 12.4. The smallest absolute Gasteiger partial charge is 0.235 e. The molecule has 2 aromatic rings. The molecular weight excluding hydrogens is 364 g/mol. The number of hydrogen-bond acceptors (Lipinski definition) is 6. The van der Waals surface area contributed by atoms with Crippen molar-refractivity contribution in [2.24, 2.45) is 0 Å². The van der Waals surface area contributed by atoms with Gasteiger partial charge in [-0.2, -0.15) is 5.26 Å². The number of nitrogens with zero attached hydrogens (tertiary/aromatic N) is 3. The van der Waals surface area contributed by atoms with Crippen molar-refractivity contribution in [1.29, 1.82) is 5.26 Å². The third-order valence-corrected chi connectivity index (χ3v) is 7.04. The van der Waals surface area contributed by atoms with E-state index >= 15 is 0 Å². The van der Waals surface area contributed by atoms with Gasteiger partial charge in [-0.15, -0.1) is 11.3 Å². The minimum absolute atomic E-state index is 0.105. The fourth-order valence-corrected chi connectivity index (χ4v) is 5.69. The number of nitriles is 1. The minimum Gasteiger partial charge on any atom is -0.316 e. The number of aryl methyl sites for hydroxylation is 3. The van der Waals surface area contributed by atoms with E-state index in [2.05, 4.69) is 21.4 Å². The Morgan fingerprint density at radius 1 is 1.19 bits per heavy atom. The van der Waals surface area contributed by atoms with Crippen molar-refractivity contribution >= 4 is 34.0 Å². The van der Waals surface area contributed by atoms with Crippen LogP contribution >= 0.6 is 23.1 Å². The number of aromatic nitrogens is 2. The molecule has 0 aliphatic heterocycles. The molecule has 2 heterocycles. The summed E-state index contributed by atoms with van der Waals surface area (Å²) >= 11 is 2.92. The Labute approximate surface area is 161 Å². The van der Waals surface area contributed by atoms with Crippen LogP contribution in [0.3, 0.4) is 0 Å². The number of fused-ring (bicyclic) bond motifs is 2. The molecule has 0 aromatic carbocycles.